The number of esters is 1. The van der Waals surface area contributed by atoms with Gasteiger partial charge >= 0.3 is 5.97 Å². The Hall–Kier alpha value is -1.79. The molecule has 0 saturated carbocycles. The van der Waals surface area contributed by atoms with E-state index in [1.54, 1.807) is 14.1 Å². The van der Waals surface area contributed by atoms with Crippen LogP contribution in [0.1, 0.15) is 19.8 Å². The maximum absolute atomic E-state index is 11.8. The van der Waals surface area contributed by atoms with E-state index in [9.17, 15) is 9.59 Å². The van der Waals surface area contributed by atoms with Crippen LogP contribution < -0.4 is 10.6 Å². The molecule has 0 aliphatic carbocycles. The highest BCUT2D eigenvalue weighted by atomic mass is 16.5. The summed E-state index contributed by atoms with van der Waals surface area (Å²) in [5.74, 6) is 0.258. The minimum absolute atomic E-state index is 0.106. The van der Waals surface area contributed by atoms with Gasteiger partial charge in [0.15, 0.2) is 5.96 Å². The van der Waals surface area contributed by atoms with Crippen LogP contribution in [0.25, 0.3) is 0 Å². The number of likely N-dealkylation sites (N-methyl/N-ethyl adjacent to an activating group) is 1. The van der Waals surface area contributed by atoms with Gasteiger partial charge in [-0.2, -0.15) is 0 Å². The maximum Gasteiger partial charge on any atom is 0.310 e. The highest BCUT2D eigenvalue weighted by Gasteiger charge is 2.28. The monoisotopic (exact) mass is 284 g/mol. The number of nitrogens with zero attached hydrogens (tertiary/aromatic N) is 2. The van der Waals surface area contributed by atoms with Gasteiger partial charge in [-0.1, -0.05) is 0 Å². The van der Waals surface area contributed by atoms with Crippen molar-refractivity contribution in [2.75, 3.05) is 40.3 Å². The summed E-state index contributed by atoms with van der Waals surface area (Å²) in [6, 6.07) is 0. The van der Waals surface area contributed by atoms with Crippen LogP contribution in [0, 0.1) is 5.92 Å². The van der Waals surface area contributed by atoms with Crippen LogP contribution >= 0.6 is 0 Å². The minimum atomic E-state index is -0.154. The molecule has 1 saturated heterocycles. The zero-order valence-electron chi connectivity index (χ0n) is 12.4. The molecule has 7 heteroatoms. The molecule has 0 radical (unpaired) electrons. The third kappa shape index (κ3) is 4.71. The van der Waals surface area contributed by atoms with E-state index >= 15 is 0 Å². The van der Waals surface area contributed by atoms with Gasteiger partial charge < -0.3 is 20.3 Å². The fraction of sp³-hybridized carbons (Fsp3) is 0.769. The lowest BCUT2D eigenvalue weighted by Crippen LogP contribution is -2.50. The number of nitrogens with one attached hydrogen (secondary N) is 2. The number of guanidine groups is 1. The van der Waals surface area contributed by atoms with E-state index in [1.165, 1.54) is 0 Å². The second-order valence-corrected chi connectivity index (χ2v) is 4.61. The van der Waals surface area contributed by atoms with E-state index in [0.717, 1.165) is 19.4 Å². The molecule has 0 bridgehead atoms. The van der Waals surface area contributed by atoms with E-state index in [-0.39, 0.29) is 24.3 Å². The van der Waals surface area contributed by atoms with E-state index in [0.29, 0.717) is 19.1 Å². The molecule has 0 aromatic rings. The molecule has 0 aromatic heterocycles. The van der Waals surface area contributed by atoms with Crippen molar-refractivity contribution in [1.29, 1.82) is 0 Å². The average molecular weight is 284 g/mol. The largest absolute Gasteiger partial charge is 0.466 e. The van der Waals surface area contributed by atoms with Crippen molar-refractivity contribution in [1.82, 2.24) is 15.5 Å². The number of carbonyl (C=O) groups is 2. The van der Waals surface area contributed by atoms with Crippen LogP contribution in [0.15, 0.2) is 4.99 Å². The maximum atomic E-state index is 11.8. The standard InChI is InChI=1S/C13H24N4O3/c1-4-20-12(19)10-6-5-7-17(9-10)13(15-3)16-8-11(18)14-2/h10H,4-9H2,1-3H3,(H,14,18)(H,15,16)/t10-/m0/s1. The van der Waals surface area contributed by atoms with E-state index in [1.807, 2.05) is 11.8 Å². The van der Waals surface area contributed by atoms with Crippen LogP contribution in [0.2, 0.25) is 0 Å². The highest BCUT2D eigenvalue weighted by molar-refractivity contribution is 5.86. The molecule has 7 nitrogen and oxygen atoms in total. The molecule has 1 heterocycles. The number of ether oxygens (including phenoxy) is 1. The number of piperidine rings is 1. The smallest absolute Gasteiger partial charge is 0.310 e. The number of aliphatic imine (C=N–C) groups is 1. The normalized spacial score (nSPS) is 19.4. The Morgan fingerprint density at radius 1 is 1.45 bits per heavy atom. The van der Waals surface area contributed by atoms with Crippen molar-refractivity contribution in [3.63, 3.8) is 0 Å². The lowest BCUT2D eigenvalue weighted by Gasteiger charge is -2.33. The number of rotatable bonds is 4. The summed E-state index contributed by atoms with van der Waals surface area (Å²) in [6.45, 7) is 3.78. The van der Waals surface area contributed by atoms with Crippen LogP contribution in [0.3, 0.4) is 0 Å². The van der Waals surface area contributed by atoms with Gasteiger partial charge in [0.2, 0.25) is 5.91 Å². The zero-order chi connectivity index (χ0) is 15.0. The summed E-state index contributed by atoms with van der Waals surface area (Å²) in [4.78, 5) is 29.2. The SMILES string of the molecule is CCOC(=O)[C@H]1CCCN(C(=NC)NCC(=O)NC)C1. The molecular formula is C13H24N4O3. The van der Waals surface area contributed by atoms with Crippen molar-refractivity contribution in [3.05, 3.63) is 0 Å². The van der Waals surface area contributed by atoms with Gasteiger partial charge in [0, 0.05) is 27.2 Å². The molecule has 0 unspecified atom stereocenters. The molecule has 1 atom stereocenters. The lowest BCUT2D eigenvalue weighted by atomic mass is 9.98. The summed E-state index contributed by atoms with van der Waals surface area (Å²) in [6.07, 6.45) is 1.74. The molecule has 1 rings (SSSR count). The first-order valence-corrected chi connectivity index (χ1v) is 6.95. The Labute approximate surface area is 119 Å². The first-order valence-electron chi connectivity index (χ1n) is 6.95. The number of amides is 1. The predicted molar refractivity (Wildman–Crippen MR) is 76.4 cm³/mol. The Morgan fingerprint density at radius 2 is 2.20 bits per heavy atom. The van der Waals surface area contributed by atoms with Crippen molar-refractivity contribution < 1.29 is 14.3 Å². The molecule has 0 aromatic carbocycles. The number of likely N-dealkylation sites (tertiary alicyclic amines) is 1. The van der Waals surface area contributed by atoms with E-state index < -0.39 is 0 Å². The van der Waals surface area contributed by atoms with Gasteiger partial charge in [0.25, 0.3) is 0 Å². The fourth-order valence-corrected chi connectivity index (χ4v) is 2.20. The number of carbonyl (C=O) groups excluding carboxylic acids is 2. The average Bonchev–Trinajstić information content (AvgIpc) is 2.48. The minimum Gasteiger partial charge on any atom is -0.466 e. The predicted octanol–water partition coefficient (Wildman–Crippen LogP) is -0.417. The number of hydrogen-bond donors (Lipinski definition) is 2. The molecule has 1 aliphatic heterocycles. The van der Waals surface area contributed by atoms with Crippen LogP contribution in [-0.4, -0.2) is 63.1 Å². The van der Waals surface area contributed by atoms with Crippen LogP contribution in [0.4, 0.5) is 0 Å². The Balaban J connectivity index is 2.55. The molecule has 1 amide bonds. The van der Waals surface area contributed by atoms with Gasteiger partial charge in [0.05, 0.1) is 19.1 Å². The molecule has 1 fully saturated rings. The third-order valence-corrected chi connectivity index (χ3v) is 3.24. The van der Waals surface area contributed by atoms with Gasteiger partial charge in [-0.25, -0.2) is 0 Å². The molecule has 2 N–H and O–H groups in total. The molecular weight excluding hydrogens is 260 g/mol. The lowest BCUT2D eigenvalue weighted by molar-refractivity contribution is -0.149. The second-order valence-electron chi connectivity index (χ2n) is 4.61. The van der Waals surface area contributed by atoms with Gasteiger partial charge in [-0.05, 0) is 19.8 Å². The first kappa shape index (κ1) is 16.3. The third-order valence-electron chi connectivity index (χ3n) is 3.24. The van der Waals surface area contributed by atoms with Crippen molar-refractivity contribution in [2.24, 2.45) is 10.9 Å². The quantitative estimate of drug-likeness (QED) is 0.416. The topological polar surface area (TPSA) is 83.0 Å². The summed E-state index contributed by atoms with van der Waals surface area (Å²) in [5.41, 5.74) is 0. The summed E-state index contributed by atoms with van der Waals surface area (Å²) in [5, 5.41) is 5.54. The zero-order valence-corrected chi connectivity index (χ0v) is 12.4. The first-order chi connectivity index (χ1) is 9.62. The van der Waals surface area contributed by atoms with E-state index in [4.69, 9.17) is 4.74 Å². The Kier molecular flexibility index (Phi) is 6.83. The molecule has 114 valence electrons. The van der Waals surface area contributed by atoms with Crippen molar-refractivity contribution in [3.8, 4) is 0 Å². The van der Waals surface area contributed by atoms with E-state index in [2.05, 4.69) is 15.6 Å². The van der Waals surface area contributed by atoms with Gasteiger partial charge in [-0.15, -0.1) is 0 Å². The second kappa shape index (κ2) is 8.39. The van der Waals surface area contributed by atoms with Crippen LogP contribution in [0.5, 0.6) is 0 Å². The Bertz CT molecular complexity index is 371. The van der Waals surface area contributed by atoms with Crippen molar-refractivity contribution in [2.45, 2.75) is 19.8 Å². The van der Waals surface area contributed by atoms with Crippen LogP contribution in [-0.2, 0) is 14.3 Å². The van der Waals surface area contributed by atoms with Gasteiger partial charge in [0.1, 0.15) is 0 Å². The Morgan fingerprint density at radius 3 is 2.80 bits per heavy atom. The summed E-state index contributed by atoms with van der Waals surface area (Å²) in [7, 11) is 3.25. The highest BCUT2D eigenvalue weighted by Crippen LogP contribution is 2.17. The number of hydrogen-bond acceptors (Lipinski definition) is 4. The van der Waals surface area contributed by atoms with Gasteiger partial charge in [-0.3, -0.25) is 14.6 Å². The molecule has 20 heavy (non-hydrogen) atoms. The summed E-state index contributed by atoms with van der Waals surface area (Å²) >= 11 is 0. The molecule has 1 aliphatic rings. The summed E-state index contributed by atoms with van der Waals surface area (Å²) < 4.78 is 5.07. The van der Waals surface area contributed by atoms with Crippen molar-refractivity contribution >= 4 is 17.8 Å². The fourth-order valence-electron chi connectivity index (χ4n) is 2.20. The molecule has 0 spiro atoms.